The number of rotatable bonds is 6. The molecule has 1 aromatic carbocycles. The molecule has 0 bridgehead atoms. The first-order valence-corrected chi connectivity index (χ1v) is 8.54. The minimum absolute atomic E-state index is 0.341. The van der Waals surface area contributed by atoms with E-state index in [9.17, 15) is 9.59 Å². The maximum Gasteiger partial charge on any atom is 0.349 e. The van der Waals surface area contributed by atoms with Gasteiger partial charge in [0.25, 0.3) is 5.91 Å². The molecule has 5 heteroatoms. The molecule has 0 radical (unpaired) electrons. The summed E-state index contributed by atoms with van der Waals surface area (Å²) in [5.41, 5.74) is 1.93. The van der Waals surface area contributed by atoms with Crippen molar-refractivity contribution in [3.63, 3.8) is 0 Å². The summed E-state index contributed by atoms with van der Waals surface area (Å²) in [6, 6.07) is 11.2. The van der Waals surface area contributed by atoms with Crippen LogP contribution in [-0.4, -0.2) is 18.0 Å². The molecule has 2 atom stereocenters. The Labute approximate surface area is 140 Å². The smallest absolute Gasteiger partial charge is 0.349 e. The first-order valence-electron chi connectivity index (χ1n) is 7.66. The van der Waals surface area contributed by atoms with E-state index in [1.54, 1.807) is 24.4 Å². The molecule has 2 aromatic rings. The normalized spacial score (nSPS) is 13.2. The van der Waals surface area contributed by atoms with E-state index < -0.39 is 12.1 Å². The fourth-order valence-corrected chi connectivity index (χ4v) is 2.65. The maximum absolute atomic E-state index is 12.1. The van der Waals surface area contributed by atoms with Crippen molar-refractivity contribution in [2.75, 3.05) is 5.32 Å². The van der Waals surface area contributed by atoms with Gasteiger partial charge in [0, 0.05) is 5.69 Å². The Hall–Kier alpha value is -2.14. The van der Waals surface area contributed by atoms with Crippen molar-refractivity contribution in [1.82, 2.24) is 0 Å². The Kier molecular flexibility index (Phi) is 5.93. The van der Waals surface area contributed by atoms with Crippen LogP contribution in [-0.2, 0) is 9.53 Å². The van der Waals surface area contributed by atoms with Gasteiger partial charge in [-0.1, -0.05) is 32.0 Å². The number of carbonyl (C=O) groups excluding carboxylic acids is 2. The van der Waals surface area contributed by atoms with Gasteiger partial charge < -0.3 is 10.1 Å². The summed E-state index contributed by atoms with van der Waals surface area (Å²) in [6.07, 6.45) is 0.223. The van der Waals surface area contributed by atoms with Gasteiger partial charge in [-0.05, 0) is 48.4 Å². The van der Waals surface area contributed by atoms with Crippen molar-refractivity contribution in [2.45, 2.75) is 39.2 Å². The molecule has 4 nitrogen and oxygen atoms in total. The molecule has 0 aliphatic rings. The molecular weight excluding hydrogens is 310 g/mol. The zero-order valence-corrected chi connectivity index (χ0v) is 14.4. The van der Waals surface area contributed by atoms with Gasteiger partial charge >= 0.3 is 5.97 Å². The van der Waals surface area contributed by atoms with E-state index in [4.69, 9.17) is 4.74 Å². The van der Waals surface area contributed by atoms with Gasteiger partial charge in [-0.15, -0.1) is 11.3 Å². The second-order valence-electron chi connectivity index (χ2n) is 5.45. The van der Waals surface area contributed by atoms with E-state index in [0.717, 1.165) is 6.42 Å². The highest BCUT2D eigenvalue weighted by Gasteiger charge is 2.19. The highest BCUT2D eigenvalue weighted by atomic mass is 32.1. The van der Waals surface area contributed by atoms with E-state index in [1.165, 1.54) is 16.9 Å². The van der Waals surface area contributed by atoms with Crippen molar-refractivity contribution >= 4 is 28.9 Å². The summed E-state index contributed by atoms with van der Waals surface area (Å²) >= 11 is 1.29. The molecule has 0 unspecified atom stereocenters. The van der Waals surface area contributed by atoms with Gasteiger partial charge in [0.05, 0.1) is 0 Å². The molecule has 1 heterocycles. The van der Waals surface area contributed by atoms with Crippen molar-refractivity contribution in [1.29, 1.82) is 0 Å². The Balaban J connectivity index is 1.91. The third-order valence-corrected chi connectivity index (χ3v) is 4.58. The summed E-state index contributed by atoms with van der Waals surface area (Å²) in [5, 5.41) is 4.56. The average Bonchev–Trinajstić information content (AvgIpc) is 3.09. The lowest BCUT2D eigenvalue weighted by molar-refractivity contribution is -0.123. The molecule has 0 spiro atoms. The molecule has 1 amide bonds. The van der Waals surface area contributed by atoms with Crippen molar-refractivity contribution in [2.24, 2.45) is 0 Å². The second-order valence-corrected chi connectivity index (χ2v) is 6.39. The van der Waals surface area contributed by atoms with Crippen LogP contribution < -0.4 is 5.32 Å². The van der Waals surface area contributed by atoms with Gasteiger partial charge in [0.1, 0.15) is 4.88 Å². The quantitative estimate of drug-likeness (QED) is 0.796. The lowest BCUT2D eigenvalue weighted by atomic mass is 9.99. The lowest BCUT2D eigenvalue weighted by Gasteiger charge is -2.14. The maximum atomic E-state index is 12.1. The van der Waals surface area contributed by atoms with Gasteiger partial charge in [0.15, 0.2) is 6.10 Å². The number of thiophene rings is 1. The third kappa shape index (κ3) is 4.66. The predicted molar refractivity (Wildman–Crippen MR) is 93.0 cm³/mol. The number of anilines is 1. The Morgan fingerprint density at radius 2 is 1.87 bits per heavy atom. The largest absolute Gasteiger partial charge is 0.448 e. The molecule has 0 saturated carbocycles. The van der Waals surface area contributed by atoms with Crippen LogP contribution in [0.1, 0.15) is 48.3 Å². The monoisotopic (exact) mass is 331 g/mol. The van der Waals surface area contributed by atoms with Crippen molar-refractivity contribution in [3.05, 3.63) is 52.2 Å². The van der Waals surface area contributed by atoms with Gasteiger partial charge in [0.2, 0.25) is 0 Å². The zero-order valence-electron chi connectivity index (χ0n) is 13.5. The summed E-state index contributed by atoms with van der Waals surface area (Å²) in [7, 11) is 0. The number of amides is 1. The summed E-state index contributed by atoms with van der Waals surface area (Å²) in [6.45, 7) is 5.87. The first kappa shape index (κ1) is 17.2. The lowest BCUT2D eigenvalue weighted by Crippen LogP contribution is -2.29. The molecule has 0 fully saturated rings. The number of hydrogen-bond acceptors (Lipinski definition) is 4. The molecule has 1 aromatic heterocycles. The summed E-state index contributed by atoms with van der Waals surface area (Å²) in [5.74, 6) is -0.327. The van der Waals surface area contributed by atoms with Crippen molar-refractivity contribution in [3.8, 4) is 0 Å². The summed E-state index contributed by atoms with van der Waals surface area (Å²) in [4.78, 5) is 24.4. The van der Waals surface area contributed by atoms with E-state index in [2.05, 4.69) is 19.2 Å². The first-order chi connectivity index (χ1) is 11.0. The number of ether oxygens (including phenoxy) is 1. The molecule has 23 heavy (non-hydrogen) atoms. The van der Waals surface area contributed by atoms with Gasteiger partial charge in [-0.3, -0.25) is 4.79 Å². The second kappa shape index (κ2) is 7.92. The molecule has 0 aliphatic carbocycles. The molecule has 2 rings (SSSR count). The SMILES string of the molecule is CC[C@@H](C)c1ccc(NC(=O)[C@@H](C)OC(=O)c2cccs2)cc1. The minimum atomic E-state index is -0.848. The van der Waals surface area contributed by atoms with E-state index in [0.29, 0.717) is 16.5 Å². The van der Waals surface area contributed by atoms with Crippen LogP contribution >= 0.6 is 11.3 Å². The molecule has 122 valence electrons. The van der Waals surface area contributed by atoms with Crippen LogP contribution in [0, 0.1) is 0 Å². The Morgan fingerprint density at radius 1 is 1.17 bits per heavy atom. The van der Waals surface area contributed by atoms with Crippen LogP contribution in [0.4, 0.5) is 5.69 Å². The minimum Gasteiger partial charge on any atom is -0.448 e. The average molecular weight is 331 g/mol. The standard InChI is InChI=1S/C18H21NO3S/c1-4-12(2)14-7-9-15(10-8-14)19-17(20)13(3)22-18(21)16-6-5-11-23-16/h5-13H,4H2,1-3H3,(H,19,20)/t12-,13-/m1/s1. The number of benzene rings is 1. The van der Waals surface area contributed by atoms with E-state index in [-0.39, 0.29) is 5.91 Å². The van der Waals surface area contributed by atoms with Gasteiger partial charge in [-0.25, -0.2) is 4.79 Å². The highest BCUT2D eigenvalue weighted by Crippen LogP contribution is 2.20. The predicted octanol–water partition coefficient (Wildman–Crippen LogP) is 4.45. The zero-order chi connectivity index (χ0) is 16.8. The molecule has 1 N–H and O–H groups in total. The van der Waals surface area contributed by atoms with E-state index in [1.807, 2.05) is 24.3 Å². The van der Waals surface area contributed by atoms with Crippen LogP contribution in [0.2, 0.25) is 0 Å². The number of hydrogen-bond donors (Lipinski definition) is 1. The third-order valence-electron chi connectivity index (χ3n) is 3.74. The van der Waals surface area contributed by atoms with Crippen LogP contribution in [0.3, 0.4) is 0 Å². The number of carbonyl (C=O) groups is 2. The fraction of sp³-hybridized carbons (Fsp3) is 0.333. The highest BCUT2D eigenvalue weighted by molar-refractivity contribution is 7.11. The number of nitrogens with one attached hydrogen (secondary N) is 1. The van der Waals surface area contributed by atoms with Crippen molar-refractivity contribution < 1.29 is 14.3 Å². The fourth-order valence-electron chi connectivity index (χ4n) is 2.04. The Bertz CT molecular complexity index is 649. The van der Waals surface area contributed by atoms with Crippen LogP contribution in [0.15, 0.2) is 41.8 Å². The van der Waals surface area contributed by atoms with Crippen LogP contribution in [0.25, 0.3) is 0 Å². The molecular formula is C18H21NO3S. The molecule has 0 aliphatic heterocycles. The van der Waals surface area contributed by atoms with Gasteiger partial charge in [-0.2, -0.15) is 0 Å². The number of esters is 1. The summed E-state index contributed by atoms with van der Waals surface area (Å²) < 4.78 is 5.17. The Morgan fingerprint density at radius 3 is 2.43 bits per heavy atom. The van der Waals surface area contributed by atoms with Crippen LogP contribution in [0.5, 0.6) is 0 Å². The molecule has 0 saturated heterocycles. The van der Waals surface area contributed by atoms with E-state index >= 15 is 0 Å². The topological polar surface area (TPSA) is 55.4 Å².